The minimum atomic E-state index is -1.46. The number of aliphatic hydroxyl groups is 2. The molecule has 3 N–H and O–H groups in total. The second kappa shape index (κ2) is 19.5. The molecular formula is C45H57N3O9. The third-order valence-corrected chi connectivity index (χ3v) is 11.5. The molecule has 0 bridgehead atoms. The van der Waals surface area contributed by atoms with Crippen LogP contribution in [-0.2, 0) is 20.9 Å². The Kier molecular flexibility index (Phi) is 14.3. The van der Waals surface area contributed by atoms with Crippen LogP contribution in [-0.4, -0.2) is 84.9 Å². The first-order valence-corrected chi connectivity index (χ1v) is 20.3. The number of ether oxygens (including phenoxy) is 4. The number of unbranched alkanes of at least 4 members (excludes halogenated alkanes) is 2. The number of amides is 2. The summed E-state index contributed by atoms with van der Waals surface area (Å²) in [5.74, 6) is -1.28. The molecule has 2 amide bonds. The van der Waals surface area contributed by atoms with Crippen molar-refractivity contribution in [2.24, 2.45) is 22.9 Å². The highest BCUT2D eigenvalue weighted by atomic mass is 16.7. The van der Waals surface area contributed by atoms with Crippen molar-refractivity contribution in [1.29, 1.82) is 0 Å². The number of fused-ring (bicyclic) bond motifs is 3. The van der Waals surface area contributed by atoms with E-state index in [1.165, 1.54) is 7.11 Å². The Morgan fingerprint density at radius 1 is 1.04 bits per heavy atom. The number of benzene rings is 3. The SMILES string of the molecule is C=CCO[C@@]12Oc3ccc(OC(=O)NCC)cc3[C@H]3[C@H](CCCCO)[C@@H](CCCCO)C=C(C(=NOC)C[C@@H]1N(Cc1cccc4ccccc14)C(=O)OCC)[C@H]32. The molecule has 1 heterocycles. The summed E-state index contributed by atoms with van der Waals surface area (Å²) in [6, 6.07) is 18.8. The van der Waals surface area contributed by atoms with Crippen molar-refractivity contribution in [3.8, 4) is 11.5 Å². The van der Waals surface area contributed by atoms with Crippen molar-refractivity contribution < 1.29 is 43.6 Å². The molecule has 0 aromatic heterocycles. The predicted octanol–water partition coefficient (Wildman–Crippen LogP) is 7.87. The first kappa shape index (κ1) is 41.7. The molecule has 0 spiro atoms. The molecule has 6 rings (SSSR count). The minimum absolute atomic E-state index is 0.00900. The van der Waals surface area contributed by atoms with Gasteiger partial charge in [-0.25, -0.2) is 9.59 Å². The van der Waals surface area contributed by atoms with Crippen LogP contribution in [0.5, 0.6) is 11.5 Å². The zero-order valence-corrected chi connectivity index (χ0v) is 33.4. The van der Waals surface area contributed by atoms with Gasteiger partial charge in [-0.1, -0.05) is 72.6 Å². The van der Waals surface area contributed by atoms with Crippen molar-refractivity contribution in [3.05, 3.63) is 96.1 Å². The van der Waals surface area contributed by atoms with E-state index < -0.39 is 29.9 Å². The van der Waals surface area contributed by atoms with E-state index in [-0.39, 0.29) is 57.1 Å². The maximum atomic E-state index is 14.5. The maximum absolute atomic E-state index is 14.5. The van der Waals surface area contributed by atoms with Crippen LogP contribution in [0, 0.1) is 17.8 Å². The van der Waals surface area contributed by atoms with Gasteiger partial charge in [-0.2, -0.15) is 0 Å². The highest BCUT2D eigenvalue weighted by Crippen LogP contribution is 2.62. The normalized spacial score (nSPS) is 24.1. The minimum Gasteiger partial charge on any atom is -0.459 e. The predicted molar refractivity (Wildman–Crippen MR) is 218 cm³/mol. The largest absolute Gasteiger partial charge is 0.459 e. The van der Waals surface area contributed by atoms with Gasteiger partial charge in [0, 0.05) is 37.7 Å². The lowest BCUT2D eigenvalue weighted by atomic mass is 9.55. The number of allylic oxidation sites excluding steroid dienone is 1. The fourth-order valence-electron chi connectivity index (χ4n) is 9.23. The topological polar surface area (TPSA) is 148 Å². The van der Waals surface area contributed by atoms with Crippen LogP contribution in [0.15, 0.2) is 90.1 Å². The van der Waals surface area contributed by atoms with E-state index in [0.717, 1.165) is 53.2 Å². The highest BCUT2D eigenvalue weighted by Gasteiger charge is 2.65. The Balaban J connectivity index is 1.60. The van der Waals surface area contributed by atoms with Crippen molar-refractivity contribution in [2.75, 3.05) is 40.1 Å². The van der Waals surface area contributed by atoms with Gasteiger partial charge in [-0.15, -0.1) is 6.58 Å². The molecule has 6 atom stereocenters. The van der Waals surface area contributed by atoms with E-state index in [4.69, 9.17) is 23.8 Å². The van der Waals surface area contributed by atoms with Gasteiger partial charge in [0.25, 0.3) is 0 Å². The zero-order chi connectivity index (χ0) is 40.4. The summed E-state index contributed by atoms with van der Waals surface area (Å²) in [6.07, 6.45) is 7.58. The van der Waals surface area contributed by atoms with Crippen LogP contribution < -0.4 is 14.8 Å². The molecule has 0 saturated heterocycles. The first-order valence-electron chi connectivity index (χ1n) is 20.3. The summed E-state index contributed by atoms with van der Waals surface area (Å²) in [6.45, 7) is 8.68. The van der Waals surface area contributed by atoms with Gasteiger partial charge in [0.15, 0.2) is 0 Å². The number of aliphatic hydroxyl groups excluding tert-OH is 2. The number of nitrogens with one attached hydrogen (secondary N) is 1. The molecule has 3 aliphatic rings. The van der Waals surface area contributed by atoms with Gasteiger partial charge in [0.05, 0.1) is 31.4 Å². The molecule has 0 unspecified atom stereocenters. The standard InChI is InChI=1S/C45H57N3O9/c1-5-25-55-45-40(48(44(52)54-7-3)29-32-18-14-17-30-15-8-9-19-34(30)32)28-38(47-53-4)36-26-31(16-10-12-23-49)35(20-11-13-24-50)41(42(36)45)37-27-33(21-22-39(37)57-45)56-43(51)46-6-2/h5,8-9,14-15,17-19,21-22,26-27,31,35,40-42,49-50H,1,6-7,10-13,16,20,23-25,28-29H2,2-4H3,(H,46,51)/t31-,35+,40-,41+,42+,45+/m0/s1. The van der Waals surface area contributed by atoms with E-state index in [2.05, 4.69) is 41.3 Å². The van der Waals surface area contributed by atoms with Crippen molar-refractivity contribution >= 4 is 28.7 Å². The van der Waals surface area contributed by atoms with Crippen LogP contribution in [0.1, 0.15) is 75.8 Å². The van der Waals surface area contributed by atoms with Crippen molar-refractivity contribution in [2.45, 2.75) is 83.1 Å². The molecule has 3 aromatic rings. The summed E-state index contributed by atoms with van der Waals surface area (Å²) in [4.78, 5) is 34.4. The molecule has 0 radical (unpaired) electrons. The van der Waals surface area contributed by atoms with Crippen LogP contribution in [0.2, 0.25) is 0 Å². The Morgan fingerprint density at radius 3 is 2.54 bits per heavy atom. The number of carbonyl (C=O) groups is 2. The molecular weight excluding hydrogens is 727 g/mol. The quantitative estimate of drug-likeness (QED) is 0.0666. The van der Waals surface area contributed by atoms with Gasteiger partial charge in [-0.3, -0.25) is 4.90 Å². The number of hydrogen-bond acceptors (Lipinski definition) is 10. The molecule has 3 aromatic carbocycles. The van der Waals surface area contributed by atoms with E-state index >= 15 is 0 Å². The molecule has 57 heavy (non-hydrogen) atoms. The average Bonchev–Trinajstić information content (AvgIpc) is 3.21. The Hall–Kier alpha value is -4.91. The van der Waals surface area contributed by atoms with Gasteiger partial charge in [-0.05, 0) is 91.5 Å². The second-order valence-electron chi connectivity index (χ2n) is 14.8. The summed E-state index contributed by atoms with van der Waals surface area (Å²) < 4.78 is 25.9. The summed E-state index contributed by atoms with van der Waals surface area (Å²) in [5, 5.41) is 29.1. The Bertz CT molecular complexity index is 1930. The number of rotatable bonds is 18. The monoisotopic (exact) mass is 783 g/mol. The van der Waals surface area contributed by atoms with E-state index in [9.17, 15) is 19.8 Å². The number of nitrogens with zero attached hydrogens (tertiary/aromatic N) is 2. The van der Waals surface area contributed by atoms with Gasteiger partial charge >= 0.3 is 12.2 Å². The lowest BCUT2D eigenvalue weighted by Gasteiger charge is -2.59. The number of hydrogen-bond donors (Lipinski definition) is 3. The highest BCUT2D eigenvalue weighted by molar-refractivity contribution is 6.03. The molecule has 1 aliphatic heterocycles. The second-order valence-corrected chi connectivity index (χ2v) is 14.8. The first-order chi connectivity index (χ1) is 27.8. The zero-order valence-electron chi connectivity index (χ0n) is 33.4. The molecule has 12 nitrogen and oxygen atoms in total. The summed E-state index contributed by atoms with van der Waals surface area (Å²) in [7, 11) is 1.52. The smallest absolute Gasteiger partial charge is 0.412 e. The summed E-state index contributed by atoms with van der Waals surface area (Å²) in [5.41, 5.74) is 3.36. The van der Waals surface area contributed by atoms with Crippen molar-refractivity contribution in [3.63, 3.8) is 0 Å². The van der Waals surface area contributed by atoms with Crippen LogP contribution in [0.4, 0.5) is 9.59 Å². The Morgan fingerprint density at radius 2 is 1.81 bits per heavy atom. The van der Waals surface area contributed by atoms with E-state index in [1.807, 2.05) is 43.3 Å². The molecule has 2 aliphatic carbocycles. The van der Waals surface area contributed by atoms with Gasteiger partial charge in [0.2, 0.25) is 5.79 Å². The van der Waals surface area contributed by atoms with Crippen LogP contribution in [0.3, 0.4) is 0 Å². The third-order valence-electron chi connectivity index (χ3n) is 11.5. The molecule has 1 fully saturated rings. The average molecular weight is 784 g/mol. The molecule has 1 saturated carbocycles. The fourth-order valence-corrected chi connectivity index (χ4v) is 9.23. The Labute approximate surface area is 335 Å². The fraction of sp³-hybridized carbons (Fsp3) is 0.489. The molecule has 12 heteroatoms. The lowest BCUT2D eigenvalue weighted by Crippen LogP contribution is -2.70. The third kappa shape index (κ3) is 8.83. The number of oxime groups is 1. The van der Waals surface area contributed by atoms with E-state index in [0.29, 0.717) is 36.6 Å². The lowest BCUT2D eigenvalue weighted by molar-refractivity contribution is -0.256. The maximum Gasteiger partial charge on any atom is 0.412 e. The van der Waals surface area contributed by atoms with Gasteiger partial charge < -0.3 is 39.3 Å². The van der Waals surface area contributed by atoms with Crippen LogP contribution >= 0.6 is 0 Å². The van der Waals surface area contributed by atoms with Crippen molar-refractivity contribution in [1.82, 2.24) is 10.2 Å². The number of carbonyl (C=O) groups excluding carboxylic acids is 2. The van der Waals surface area contributed by atoms with Crippen LogP contribution in [0.25, 0.3) is 10.8 Å². The van der Waals surface area contributed by atoms with E-state index in [1.54, 1.807) is 24.0 Å². The molecule has 306 valence electrons. The summed E-state index contributed by atoms with van der Waals surface area (Å²) >= 11 is 0. The van der Waals surface area contributed by atoms with Gasteiger partial charge in [0.1, 0.15) is 24.7 Å².